The molecule has 2 aliphatic rings. The first-order chi connectivity index (χ1) is 10.6. The highest BCUT2D eigenvalue weighted by Crippen LogP contribution is 2.24. The zero-order valence-electron chi connectivity index (χ0n) is 13.1. The molecule has 1 atom stereocenters. The zero-order chi connectivity index (χ0) is 15.6. The lowest BCUT2D eigenvalue weighted by atomic mass is 10.0. The number of β-amino-alcohol motifs (C(OH)–C–C–N with tert-alkyl or cyclic N) is 1. The Morgan fingerprint density at radius 2 is 1.91 bits per heavy atom. The van der Waals surface area contributed by atoms with Crippen LogP contribution < -0.4 is 0 Å². The van der Waals surface area contributed by atoms with E-state index < -0.39 is 5.60 Å². The predicted molar refractivity (Wildman–Crippen MR) is 83.6 cm³/mol. The van der Waals surface area contributed by atoms with Crippen molar-refractivity contribution in [1.82, 2.24) is 19.7 Å². The number of amides is 1. The lowest BCUT2D eigenvalue weighted by Crippen LogP contribution is -2.52. The molecule has 6 heteroatoms. The Hall–Kier alpha value is -1.50. The van der Waals surface area contributed by atoms with Crippen LogP contribution in [0.5, 0.6) is 0 Å². The molecule has 120 valence electrons. The van der Waals surface area contributed by atoms with E-state index in [1.165, 1.54) is 0 Å². The summed E-state index contributed by atoms with van der Waals surface area (Å²) in [5.41, 5.74) is -0.141. The van der Waals surface area contributed by atoms with E-state index in [-0.39, 0.29) is 5.91 Å². The van der Waals surface area contributed by atoms with Crippen LogP contribution in [-0.2, 0) is 0 Å². The summed E-state index contributed by atoms with van der Waals surface area (Å²) in [5.74, 6) is -0.0169. The Morgan fingerprint density at radius 3 is 2.59 bits per heavy atom. The van der Waals surface area contributed by atoms with Crippen LogP contribution in [0.1, 0.15) is 16.8 Å². The summed E-state index contributed by atoms with van der Waals surface area (Å²) in [5, 5.41) is 10.8. The highest BCUT2D eigenvalue weighted by molar-refractivity contribution is 5.94. The first kappa shape index (κ1) is 15.4. The summed E-state index contributed by atoms with van der Waals surface area (Å²) >= 11 is 0. The van der Waals surface area contributed by atoms with E-state index >= 15 is 0 Å². The molecule has 0 aliphatic carbocycles. The van der Waals surface area contributed by atoms with E-state index in [4.69, 9.17) is 0 Å². The number of pyridine rings is 1. The van der Waals surface area contributed by atoms with Gasteiger partial charge in [0.1, 0.15) is 0 Å². The molecule has 0 saturated carbocycles. The molecular weight excluding hydrogens is 280 g/mol. The molecule has 0 spiro atoms. The van der Waals surface area contributed by atoms with Gasteiger partial charge in [-0.15, -0.1) is 0 Å². The van der Waals surface area contributed by atoms with Crippen LogP contribution in [0, 0.1) is 0 Å². The molecule has 0 bridgehead atoms. The van der Waals surface area contributed by atoms with Crippen LogP contribution in [0.4, 0.5) is 0 Å². The van der Waals surface area contributed by atoms with Gasteiger partial charge >= 0.3 is 0 Å². The normalized spacial score (nSPS) is 27.3. The standard InChI is InChI=1S/C16H24N4O2/c1-18-8-10-19(11-9-18)12-16(22)4-7-20(13-16)15(21)14-2-5-17-6-3-14/h2-3,5-6,22H,4,7-13H2,1H3. The number of hydrogen-bond acceptors (Lipinski definition) is 5. The number of likely N-dealkylation sites (N-methyl/N-ethyl adjacent to an activating group) is 1. The molecule has 1 aromatic heterocycles. The summed E-state index contributed by atoms with van der Waals surface area (Å²) in [6.45, 7) is 5.73. The summed E-state index contributed by atoms with van der Waals surface area (Å²) in [7, 11) is 2.12. The maximum atomic E-state index is 12.4. The monoisotopic (exact) mass is 304 g/mol. The Bertz CT molecular complexity index is 516. The van der Waals surface area contributed by atoms with Gasteiger partial charge in [0.25, 0.3) is 5.91 Å². The van der Waals surface area contributed by atoms with Crippen LogP contribution in [0.3, 0.4) is 0 Å². The third-order valence-corrected chi connectivity index (χ3v) is 4.66. The molecule has 2 aliphatic heterocycles. The first-order valence-corrected chi connectivity index (χ1v) is 7.88. The van der Waals surface area contributed by atoms with E-state index in [1.807, 2.05) is 0 Å². The average molecular weight is 304 g/mol. The number of nitrogens with zero attached hydrogens (tertiary/aromatic N) is 4. The smallest absolute Gasteiger partial charge is 0.254 e. The van der Waals surface area contributed by atoms with Crippen LogP contribution in [0.2, 0.25) is 0 Å². The van der Waals surface area contributed by atoms with Crippen LogP contribution in [0.25, 0.3) is 0 Å². The summed E-state index contributed by atoms with van der Waals surface area (Å²) in [6, 6.07) is 3.44. The molecule has 0 radical (unpaired) electrons. The molecule has 2 fully saturated rings. The fourth-order valence-corrected chi connectivity index (χ4v) is 3.26. The van der Waals surface area contributed by atoms with Crippen molar-refractivity contribution < 1.29 is 9.90 Å². The van der Waals surface area contributed by atoms with Crippen molar-refractivity contribution in [1.29, 1.82) is 0 Å². The lowest BCUT2D eigenvalue weighted by molar-refractivity contribution is 0.000525. The van der Waals surface area contributed by atoms with Crippen molar-refractivity contribution in [2.75, 3.05) is 52.9 Å². The fraction of sp³-hybridized carbons (Fsp3) is 0.625. The van der Waals surface area contributed by atoms with Gasteiger partial charge in [0, 0.05) is 57.2 Å². The summed E-state index contributed by atoms with van der Waals surface area (Å²) in [6.07, 6.45) is 3.90. The van der Waals surface area contributed by atoms with Gasteiger partial charge in [-0.05, 0) is 25.6 Å². The van der Waals surface area contributed by atoms with Crippen molar-refractivity contribution in [3.63, 3.8) is 0 Å². The predicted octanol–water partition coefficient (Wildman–Crippen LogP) is -0.0940. The van der Waals surface area contributed by atoms with Crippen molar-refractivity contribution in [2.45, 2.75) is 12.0 Å². The third kappa shape index (κ3) is 3.45. The van der Waals surface area contributed by atoms with Gasteiger partial charge in [-0.1, -0.05) is 0 Å². The van der Waals surface area contributed by atoms with Gasteiger partial charge in [-0.2, -0.15) is 0 Å². The van der Waals surface area contributed by atoms with E-state index in [0.29, 0.717) is 31.6 Å². The van der Waals surface area contributed by atoms with Gasteiger partial charge in [0.05, 0.1) is 12.1 Å². The number of aromatic nitrogens is 1. The van der Waals surface area contributed by atoms with Crippen LogP contribution >= 0.6 is 0 Å². The van der Waals surface area contributed by atoms with Gasteiger partial charge in [0.2, 0.25) is 0 Å². The Morgan fingerprint density at radius 1 is 1.23 bits per heavy atom. The van der Waals surface area contributed by atoms with Crippen molar-refractivity contribution in [3.05, 3.63) is 30.1 Å². The third-order valence-electron chi connectivity index (χ3n) is 4.66. The Kier molecular flexibility index (Phi) is 4.42. The maximum absolute atomic E-state index is 12.4. The number of rotatable bonds is 3. The Balaban J connectivity index is 1.58. The highest BCUT2D eigenvalue weighted by Gasteiger charge is 2.39. The van der Waals surface area contributed by atoms with Crippen molar-refractivity contribution >= 4 is 5.91 Å². The van der Waals surface area contributed by atoms with Gasteiger partial charge < -0.3 is 14.9 Å². The van der Waals surface area contributed by atoms with E-state index in [1.54, 1.807) is 29.4 Å². The molecule has 1 unspecified atom stereocenters. The molecule has 6 nitrogen and oxygen atoms in total. The molecular formula is C16H24N4O2. The number of hydrogen-bond donors (Lipinski definition) is 1. The molecule has 22 heavy (non-hydrogen) atoms. The summed E-state index contributed by atoms with van der Waals surface area (Å²) < 4.78 is 0. The number of carbonyl (C=O) groups is 1. The van der Waals surface area contributed by atoms with Crippen LogP contribution in [0.15, 0.2) is 24.5 Å². The molecule has 2 saturated heterocycles. The second-order valence-corrected chi connectivity index (χ2v) is 6.52. The quantitative estimate of drug-likeness (QED) is 0.845. The minimum Gasteiger partial charge on any atom is -0.387 e. The molecule has 1 amide bonds. The second kappa shape index (κ2) is 6.32. The minimum atomic E-state index is -0.779. The van der Waals surface area contributed by atoms with Gasteiger partial charge in [0.15, 0.2) is 0 Å². The van der Waals surface area contributed by atoms with E-state index in [9.17, 15) is 9.90 Å². The minimum absolute atomic E-state index is 0.0169. The van der Waals surface area contributed by atoms with Gasteiger partial charge in [-0.25, -0.2) is 0 Å². The topological polar surface area (TPSA) is 59.9 Å². The molecule has 0 aromatic carbocycles. The average Bonchev–Trinajstić information content (AvgIpc) is 2.92. The number of carbonyl (C=O) groups excluding carboxylic acids is 1. The molecule has 3 heterocycles. The first-order valence-electron chi connectivity index (χ1n) is 7.88. The van der Waals surface area contributed by atoms with Crippen molar-refractivity contribution in [3.8, 4) is 0 Å². The molecule has 3 rings (SSSR count). The summed E-state index contributed by atoms with van der Waals surface area (Å²) in [4.78, 5) is 22.7. The highest BCUT2D eigenvalue weighted by atomic mass is 16.3. The lowest BCUT2D eigenvalue weighted by Gasteiger charge is -2.36. The number of aliphatic hydroxyl groups is 1. The Labute approximate surface area is 131 Å². The SMILES string of the molecule is CN1CCN(CC2(O)CCN(C(=O)c3ccncc3)C2)CC1. The number of piperazine rings is 1. The second-order valence-electron chi connectivity index (χ2n) is 6.52. The van der Waals surface area contributed by atoms with E-state index in [0.717, 1.165) is 26.2 Å². The molecule has 1 N–H and O–H groups in total. The largest absolute Gasteiger partial charge is 0.387 e. The molecule has 1 aromatic rings. The maximum Gasteiger partial charge on any atom is 0.254 e. The fourth-order valence-electron chi connectivity index (χ4n) is 3.26. The van der Waals surface area contributed by atoms with Gasteiger partial charge in [-0.3, -0.25) is 14.7 Å². The number of likely N-dealkylation sites (tertiary alicyclic amines) is 1. The van der Waals surface area contributed by atoms with Crippen LogP contribution in [-0.4, -0.2) is 89.2 Å². The van der Waals surface area contributed by atoms with E-state index in [2.05, 4.69) is 21.8 Å². The van der Waals surface area contributed by atoms with Crippen molar-refractivity contribution in [2.24, 2.45) is 0 Å². The zero-order valence-corrected chi connectivity index (χ0v) is 13.1.